The number of urea groups is 1. The summed E-state index contributed by atoms with van der Waals surface area (Å²) >= 11 is 0. The zero-order valence-electron chi connectivity index (χ0n) is 15.8. The lowest BCUT2D eigenvalue weighted by Crippen LogP contribution is -2.50. The normalized spacial score (nSPS) is 15.5. The monoisotopic (exact) mass is 438 g/mol. The van der Waals surface area contributed by atoms with Crippen LogP contribution in [-0.4, -0.2) is 49.9 Å². The first-order valence-corrected chi connectivity index (χ1v) is 10.8. The van der Waals surface area contributed by atoms with Gasteiger partial charge in [0.1, 0.15) is 11.6 Å². The van der Waals surface area contributed by atoms with E-state index in [2.05, 4.69) is 0 Å². The highest BCUT2D eigenvalue weighted by atomic mass is 32.2. The highest BCUT2D eigenvalue weighted by molar-refractivity contribution is 7.91. The Morgan fingerprint density at radius 2 is 1.73 bits per heavy atom. The van der Waals surface area contributed by atoms with Crippen LogP contribution in [0.15, 0.2) is 42.5 Å². The van der Waals surface area contributed by atoms with Crippen LogP contribution in [0.4, 0.5) is 19.3 Å². The van der Waals surface area contributed by atoms with Crippen LogP contribution in [0.25, 0.3) is 0 Å². The lowest BCUT2D eigenvalue weighted by atomic mass is 10.1. The maximum absolute atomic E-state index is 14.6. The topological polar surface area (TPSA) is 113 Å². The fourth-order valence-corrected chi connectivity index (χ4v) is 4.27. The first-order chi connectivity index (χ1) is 14.2. The molecule has 3 rings (SSSR count). The number of hydrogen-bond acceptors (Lipinski definition) is 5. The molecule has 0 aromatic heterocycles. The van der Waals surface area contributed by atoms with E-state index in [4.69, 9.17) is 5.84 Å². The second kappa shape index (κ2) is 8.76. The highest BCUT2D eigenvalue weighted by Gasteiger charge is 2.30. The Hall–Kier alpha value is -3.05. The summed E-state index contributed by atoms with van der Waals surface area (Å²) in [6, 6.07) is 8.50. The maximum Gasteiger partial charge on any atom is 0.324 e. The molecule has 1 aliphatic rings. The number of benzene rings is 2. The minimum atomic E-state index is -3.22. The molecule has 2 aromatic carbocycles. The molecular weight excluding hydrogens is 418 g/mol. The predicted octanol–water partition coefficient (Wildman–Crippen LogP) is 1.43. The van der Waals surface area contributed by atoms with E-state index in [9.17, 15) is 26.8 Å². The smallest absolute Gasteiger partial charge is 0.322 e. The number of rotatable bonds is 4. The van der Waals surface area contributed by atoms with Crippen LogP contribution in [0.5, 0.6) is 0 Å². The van der Waals surface area contributed by atoms with Crippen molar-refractivity contribution in [2.24, 2.45) is 5.84 Å². The third kappa shape index (κ3) is 4.74. The minimum absolute atomic E-state index is 0.0104. The number of carbonyl (C=O) groups is 2. The molecule has 3 N–H and O–H groups in total. The molecule has 0 unspecified atom stereocenters. The average molecular weight is 438 g/mol. The quantitative estimate of drug-likeness (QED) is 0.426. The number of para-hydroxylation sites is 1. The standard InChI is InChI=1S/C19H20F2N4O4S/c20-15-3-1-2-4-17(15)25(19(27)24-7-9-30(28,29)10-8-24)12-14-6-5-13(11-16(14)21)18(26)23-22/h1-6,11H,7-10,12,22H2,(H,23,26). The van der Waals surface area contributed by atoms with Gasteiger partial charge in [-0.25, -0.2) is 27.8 Å². The van der Waals surface area contributed by atoms with E-state index in [0.717, 1.165) is 11.0 Å². The van der Waals surface area contributed by atoms with Gasteiger partial charge in [0.25, 0.3) is 5.91 Å². The van der Waals surface area contributed by atoms with Crippen LogP contribution in [0.2, 0.25) is 0 Å². The zero-order chi connectivity index (χ0) is 21.9. The van der Waals surface area contributed by atoms with Gasteiger partial charge in [0.15, 0.2) is 9.84 Å². The van der Waals surface area contributed by atoms with E-state index in [1.54, 1.807) is 0 Å². The lowest BCUT2D eigenvalue weighted by molar-refractivity contribution is 0.0953. The maximum atomic E-state index is 14.6. The van der Waals surface area contributed by atoms with Crippen LogP contribution in [0.1, 0.15) is 15.9 Å². The summed E-state index contributed by atoms with van der Waals surface area (Å²) in [7, 11) is -3.22. The summed E-state index contributed by atoms with van der Waals surface area (Å²) in [6.45, 7) is -0.395. The second-order valence-electron chi connectivity index (χ2n) is 6.74. The molecule has 1 fully saturated rings. The Morgan fingerprint density at radius 3 is 2.33 bits per heavy atom. The molecule has 0 spiro atoms. The van der Waals surface area contributed by atoms with E-state index in [0.29, 0.717) is 0 Å². The van der Waals surface area contributed by atoms with Crippen LogP contribution in [0, 0.1) is 11.6 Å². The second-order valence-corrected chi connectivity index (χ2v) is 9.04. The van der Waals surface area contributed by atoms with E-state index in [1.807, 2.05) is 5.43 Å². The number of nitrogens with two attached hydrogens (primary N) is 1. The Labute approximate surface area is 172 Å². The Bertz CT molecular complexity index is 1060. The first kappa shape index (κ1) is 21.7. The summed E-state index contributed by atoms with van der Waals surface area (Å²) < 4.78 is 52.3. The molecule has 8 nitrogen and oxygen atoms in total. The van der Waals surface area contributed by atoms with Crippen LogP contribution < -0.4 is 16.2 Å². The van der Waals surface area contributed by atoms with Gasteiger partial charge in [-0.1, -0.05) is 18.2 Å². The number of halogens is 2. The fraction of sp³-hybridized carbons (Fsp3) is 0.263. The number of anilines is 1. The van der Waals surface area contributed by atoms with Gasteiger partial charge in [-0.05, 0) is 24.3 Å². The Balaban J connectivity index is 1.92. The van der Waals surface area contributed by atoms with Crippen molar-refractivity contribution in [3.63, 3.8) is 0 Å². The summed E-state index contributed by atoms with van der Waals surface area (Å²) in [5, 5.41) is 0. The Kier molecular flexibility index (Phi) is 6.32. The molecule has 1 aliphatic heterocycles. The van der Waals surface area contributed by atoms with Crippen LogP contribution >= 0.6 is 0 Å². The van der Waals surface area contributed by atoms with Gasteiger partial charge in [-0.2, -0.15) is 0 Å². The third-order valence-corrected chi connectivity index (χ3v) is 6.37. The van der Waals surface area contributed by atoms with E-state index in [1.165, 1.54) is 41.3 Å². The molecule has 0 saturated carbocycles. The van der Waals surface area contributed by atoms with Crippen molar-refractivity contribution in [2.75, 3.05) is 29.5 Å². The van der Waals surface area contributed by atoms with Crippen molar-refractivity contribution in [1.82, 2.24) is 10.3 Å². The number of sulfone groups is 1. The fourth-order valence-electron chi connectivity index (χ4n) is 3.07. The molecule has 1 saturated heterocycles. The molecule has 1 heterocycles. The number of nitrogens with zero attached hydrogens (tertiary/aromatic N) is 2. The van der Waals surface area contributed by atoms with Gasteiger partial charge in [-0.15, -0.1) is 0 Å². The lowest BCUT2D eigenvalue weighted by Gasteiger charge is -2.33. The van der Waals surface area contributed by atoms with Gasteiger partial charge in [-0.3, -0.25) is 15.1 Å². The van der Waals surface area contributed by atoms with Crippen molar-refractivity contribution < 1.29 is 26.8 Å². The number of amides is 3. The number of carbonyl (C=O) groups excluding carboxylic acids is 2. The van der Waals surface area contributed by atoms with Crippen molar-refractivity contribution in [3.05, 3.63) is 65.2 Å². The minimum Gasteiger partial charge on any atom is -0.322 e. The number of hydrazine groups is 1. The molecule has 0 atom stereocenters. The molecule has 3 amide bonds. The Morgan fingerprint density at radius 1 is 1.07 bits per heavy atom. The van der Waals surface area contributed by atoms with Crippen molar-refractivity contribution in [2.45, 2.75) is 6.54 Å². The predicted molar refractivity (Wildman–Crippen MR) is 106 cm³/mol. The molecule has 160 valence electrons. The van der Waals surface area contributed by atoms with Crippen LogP contribution in [-0.2, 0) is 16.4 Å². The summed E-state index contributed by atoms with van der Waals surface area (Å²) in [5.41, 5.74) is 1.86. The zero-order valence-corrected chi connectivity index (χ0v) is 16.7. The highest BCUT2D eigenvalue weighted by Crippen LogP contribution is 2.24. The van der Waals surface area contributed by atoms with Crippen molar-refractivity contribution >= 4 is 27.5 Å². The van der Waals surface area contributed by atoms with Gasteiger partial charge in [0.05, 0.1) is 23.7 Å². The van der Waals surface area contributed by atoms with Crippen LogP contribution in [0.3, 0.4) is 0 Å². The van der Waals surface area contributed by atoms with E-state index in [-0.39, 0.29) is 48.0 Å². The molecule has 30 heavy (non-hydrogen) atoms. The molecule has 0 aliphatic carbocycles. The third-order valence-electron chi connectivity index (χ3n) is 4.76. The molecular formula is C19H20F2N4O4S. The van der Waals surface area contributed by atoms with Crippen molar-refractivity contribution in [3.8, 4) is 0 Å². The number of nitrogen functional groups attached to an aromatic ring is 1. The van der Waals surface area contributed by atoms with E-state index >= 15 is 0 Å². The molecule has 0 bridgehead atoms. The van der Waals surface area contributed by atoms with Gasteiger partial charge < -0.3 is 4.90 Å². The molecule has 0 radical (unpaired) electrons. The SMILES string of the molecule is NNC(=O)c1ccc(CN(C(=O)N2CCS(=O)(=O)CC2)c2ccccc2F)c(F)c1. The summed E-state index contributed by atoms with van der Waals surface area (Å²) in [6.07, 6.45) is 0. The average Bonchev–Trinajstić information content (AvgIpc) is 2.72. The molecule has 2 aromatic rings. The molecule has 11 heteroatoms. The number of hydrogen-bond donors (Lipinski definition) is 2. The largest absolute Gasteiger partial charge is 0.324 e. The van der Waals surface area contributed by atoms with Gasteiger partial charge in [0, 0.05) is 24.2 Å². The van der Waals surface area contributed by atoms with Gasteiger partial charge in [0.2, 0.25) is 0 Å². The number of nitrogens with one attached hydrogen (secondary N) is 1. The summed E-state index contributed by atoms with van der Waals surface area (Å²) in [5.74, 6) is 2.52. The first-order valence-electron chi connectivity index (χ1n) is 9.02. The van der Waals surface area contributed by atoms with E-state index < -0.39 is 33.4 Å². The van der Waals surface area contributed by atoms with Crippen molar-refractivity contribution in [1.29, 1.82) is 0 Å². The van der Waals surface area contributed by atoms with Gasteiger partial charge >= 0.3 is 6.03 Å². The summed E-state index contributed by atoms with van der Waals surface area (Å²) in [4.78, 5) is 27.0.